The lowest BCUT2D eigenvalue weighted by Gasteiger charge is -2.20. The van der Waals surface area contributed by atoms with Crippen molar-refractivity contribution in [2.45, 2.75) is 38.1 Å². The number of hydrogen-bond acceptors (Lipinski definition) is 2. The fraction of sp³-hybridized carbons (Fsp3) is 0.375. The molecule has 0 aromatic heterocycles. The topological polar surface area (TPSA) is 24.7 Å². The Morgan fingerprint density at radius 3 is 2.72 bits per heavy atom. The van der Waals surface area contributed by atoms with Crippen LogP contribution in [-0.4, -0.2) is 0 Å². The second-order valence-corrected chi connectivity index (χ2v) is 5.32. The maximum Gasteiger partial charge on any atom is 0.123 e. The van der Waals surface area contributed by atoms with Gasteiger partial charge in [0.1, 0.15) is 6.04 Å². The molecule has 2 heteroatoms. The van der Waals surface area contributed by atoms with Crippen LogP contribution in [0.3, 0.4) is 0 Å². The SMILES string of the molecule is c1ccc(C2N=NC3=C2C2=C(CCC2)CC3)cc1. The van der Waals surface area contributed by atoms with Crippen LogP contribution >= 0.6 is 0 Å². The van der Waals surface area contributed by atoms with Crippen molar-refractivity contribution in [1.82, 2.24) is 0 Å². The summed E-state index contributed by atoms with van der Waals surface area (Å²) in [5.41, 5.74) is 7.26. The van der Waals surface area contributed by atoms with Gasteiger partial charge in [0, 0.05) is 5.57 Å². The van der Waals surface area contributed by atoms with Crippen LogP contribution in [-0.2, 0) is 0 Å². The number of nitrogens with zero attached hydrogens (tertiary/aromatic N) is 2. The van der Waals surface area contributed by atoms with E-state index >= 15 is 0 Å². The summed E-state index contributed by atoms with van der Waals surface area (Å²) in [5, 5.41) is 8.97. The van der Waals surface area contributed by atoms with E-state index in [2.05, 4.69) is 40.6 Å². The van der Waals surface area contributed by atoms with Crippen LogP contribution in [0.5, 0.6) is 0 Å². The lowest BCUT2D eigenvalue weighted by Crippen LogP contribution is -2.05. The van der Waals surface area contributed by atoms with E-state index in [1.54, 1.807) is 11.1 Å². The highest BCUT2D eigenvalue weighted by atomic mass is 15.2. The van der Waals surface area contributed by atoms with E-state index in [1.807, 2.05) is 0 Å². The van der Waals surface area contributed by atoms with Gasteiger partial charge in [-0.3, -0.25) is 0 Å². The monoisotopic (exact) mass is 236 g/mol. The van der Waals surface area contributed by atoms with Crippen molar-refractivity contribution in [3.63, 3.8) is 0 Å². The Labute approximate surface area is 107 Å². The summed E-state index contributed by atoms with van der Waals surface area (Å²) in [6, 6.07) is 10.8. The molecular formula is C16H16N2. The molecule has 4 rings (SSSR count). The van der Waals surface area contributed by atoms with E-state index < -0.39 is 0 Å². The molecule has 0 fully saturated rings. The Bertz CT molecular complexity index is 578. The van der Waals surface area contributed by atoms with Gasteiger partial charge in [0.05, 0.1) is 5.70 Å². The van der Waals surface area contributed by atoms with E-state index in [0.717, 1.165) is 6.42 Å². The maximum absolute atomic E-state index is 4.53. The van der Waals surface area contributed by atoms with Gasteiger partial charge >= 0.3 is 0 Å². The Morgan fingerprint density at radius 1 is 0.944 bits per heavy atom. The molecule has 1 heterocycles. The molecular weight excluding hydrogens is 220 g/mol. The molecule has 0 amide bonds. The molecule has 1 aromatic rings. The normalized spacial score (nSPS) is 25.7. The van der Waals surface area contributed by atoms with E-state index in [-0.39, 0.29) is 6.04 Å². The van der Waals surface area contributed by atoms with Crippen LogP contribution in [0.4, 0.5) is 0 Å². The minimum atomic E-state index is 0.171. The lowest BCUT2D eigenvalue weighted by atomic mass is 9.85. The number of fused-ring (bicyclic) bond motifs is 1. The quantitative estimate of drug-likeness (QED) is 0.674. The van der Waals surface area contributed by atoms with Crippen LogP contribution in [0.15, 0.2) is 63.0 Å². The van der Waals surface area contributed by atoms with Crippen molar-refractivity contribution in [3.8, 4) is 0 Å². The maximum atomic E-state index is 4.53. The lowest BCUT2D eigenvalue weighted by molar-refractivity contribution is 0.821. The first kappa shape index (κ1) is 10.2. The highest BCUT2D eigenvalue weighted by Gasteiger charge is 2.33. The Morgan fingerprint density at radius 2 is 1.83 bits per heavy atom. The molecule has 0 bridgehead atoms. The zero-order chi connectivity index (χ0) is 11.9. The van der Waals surface area contributed by atoms with E-state index in [4.69, 9.17) is 0 Å². The van der Waals surface area contributed by atoms with E-state index in [9.17, 15) is 0 Å². The summed E-state index contributed by atoms with van der Waals surface area (Å²) in [4.78, 5) is 0. The third-order valence-electron chi connectivity index (χ3n) is 4.31. The molecule has 0 saturated carbocycles. The highest BCUT2D eigenvalue weighted by Crippen LogP contribution is 2.49. The van der Waals surface area contributed by atoms with Crippen LogP contribution in [0.2, 0.25) is 0 Å². The van der Waals surface area contributed by atoms with E-state index in [0.29, 0.717) is 0 Å². The van der Waals surface area contributed by atoms with Gasteiger partial charge in [0.2, 0.25) is 0 Å². The molecule has 3 aliphatic rings. The standard InChI is InChI=1S/C16H16N2/c1-2-5-12(6-3-1)16-15-13-8-4-7-11(13)9-10-14(15)17-18-16/h1-3,5-6,16H,4,7-10H2. The Hall–Kier alpha value is -1.70. The minimum absolute atomic E-state index is 0.171. The summed E-state index contributed by atoms with van der Waals surface area (Å²) in [7, 11) is 0. The van der Waals surface area contributed by atoms with Crippen LogP contribution in [0.1, 0.15) is 43.7 Å². The first-order valence-corrected chi connectivity index (χ1v) is 6.83. The molecule has 0 spiro atoms. The van der Waals surface area contributed by atoms with Crippen LogP contribution in [0.25, 0.3) is 0 Å². The molecule has 18 heavy (non-hydrogen) atoms. The summed E-state index contributed by atoms with van der Waals surface area (Å²) in [5.74, 6) is 0. The average molecular weight is 236 g/mol. The predicted octanol–water partition coefficient (Wildman–Crippen LogP) is 4.72. The summed E-state index contributed by atoms with van der Waals surface area (Å²) in [6.45, 7) is 0. The molecule has 1 unspecified atom stereocenters. The van der Waals surface area contributed by atoms with Crippen molar-refractivity contribution in [1.29, 1.82) is 0 Å². The number of rotatable bonds is 1. The van der Waals surface area contributed by atoms with Gasteiger partial charge in [-0.15, -0.1) is 0 Å². The molecule has 1 aliphatic heterocycles. The van der Waals surface area contributed by atoms with Gasteiger partial charge < -0.3 is 0 Å². The number of azo groups is 1. The van der Waals surface area contributed by atoms with Gasteiger partial charge in [-0.05, 0) is 43.2 Å². The van der Waals surface area contributed by atoms with Crippen molar-refractivity contribution >= 4 is 0 Å². The first-order valence-electron chi connectivity index (χ1n) is 6.83. The second kappa shape index (κ2) is 3.91. The molecule has 90 valence electrons. The highest BCUT2D eigenvalue weighted by molar-refractivity contribution is 5.51. The third kappa shape index (κ3) is 1.41. The van der Waals surface area contributed by atoms with Crippen molar-refractivity contribution in [2.24, 2.45) is 10.2 Å². The fourth-order valence-electron chi connectivity index (χ4n) is 3.47. The fourth-order valence-corrected chi connectivity index (χ4v) is 3.47. The summed E-state index contributed by atoms with van der Waals surface area (Å²) < 4.78 is 0. The van der Waals surface area contributed by atoms with Crippen LogP contribution in [0, 0.1) is 0 Å². The minimum Gasteiger partial charge on any atom is -0.176 e. The largest absolute Gasteiger partial charge is 0.176 e. The summed E-state index contributed by atoms with van der Waals surface area (Å²) in [6.07, 6.45) is 6.18. The smallest absolute Gasteiger partial charge is 0.123 e. The van der Waals surface area contributed by atoms with Crippen molar-refractivity contribution in [3.05, 3.63) is 58.3 Å². The molecule has 1 atom stereocenters. The molecule has 0 N–H and O–H groups in total. The van der Waals surface area contributed by atoms with Gasteiger partial charge in [-0.2, -0.15) is 10.2 Å². The van der Waals surface area contributed by atoms with Gasteiger partial charge in [-0.25, -0.2) is 0 Å². The summed E-state index contributed by atoms with van der Waals surface area (Å²) >= 11 is 0. The molecule has 2 nitrogen and oxygen atoms in total. The number of hydrogen-bond donors (Lipinski definition) is 0. The van der Waals surface area contributed by atoms with E-state index in [1.165, 1.54) is 42.5 Å². The molecule has 1 aromatic carbocycles. The van der Waals surface area contributed by atoms with Gasteiger partial charge in [0.25, 0.3) is 0 Å². The average Bonchev–Trinajstić information content (AvgIpc) is 3.05. The molecule has 2 aliphatic carbocycles. The van der Waals surface area contributed by atoms with Gasteiger partial charge in [-0.1, -0.05) is 35.9 Å². The first-order chi connectivity index (χ1) is 8.93. The van der Waals surface area contributed by atoms with Crippen LogP contribution < -0.4 is 0 Å². The van der Waals surface area contributed by atoms with Gasteiger partial charge in [0.15, 0.2) is 0 Å². The van der Waals surface area contributed by atoms with Crippen molar-refractivity contribution in [2.75, 3.05) is 0 Å². The Kier molecular flexibility index (Phi) is 2.22. The second-order valence-electron chi connectivity index (χ2n) is 5.32. The third-order valence-corrected chi connectivity index (χ3v) is 4.31. The number of allylic oxidation sites excluding steroid dienone is 2. The predicted molar refractivity (Wildman–Crippen MR) is 71.2 cm³/mol. The zero-order valence-corrected chi connectivity index (χ0v) is 10.4. The Balaban J connectivity index is 1.80. The molecule has 0 radical (unpaired) electrons. The molecule has 0 saturated heterocycles. The zero-order valence-electron chi connectivity index (χ0n) is 10.4. The van der Waals surface area contributed by atoms with Crippen molar-refractivity contribution < 1.29 is 0 Å². The number of benzene rings is 1.